The van der Waals surface area contributed by atoms with Crippen LogP contribution >= 0.6 is 0 Å². The first-order valence-electron chi connectivity index (χ1n) is 6.70. The summed E-state index contributed by atoms with van der Waals surface area (Å²) in [5.41, 5.74) is 0.615. The van der Waals surface area contributed by atoms with Gasteiger partial charge in [0.1, 0.15) is 13.2 Å². The number of anilines is 1. The highest BCUT2D eigenvalue weighted by Crippen LogP contribution is 2.32. The van der Waals surface area contributed by atoms with Crippen LogP contribution in [0, 0.1) is 0 Å². The highest BCUT2D eigenvalue weighted by molar-refractivity contribution is 5.89. The molecule has 1 aromatic carbocycles. The highest BCUT2D eigenvalue weighted by Gasteiger charge is 2.12. The Hall–Kier alpha value is -2.44. The van der Waals surface area contributed by atoms with Crippen molar-refractivity contribution in [3.63, 3.8) is 0 Å². The van der Waals surface area contributed by atoms with Crippen LogP contribution in [0.3, 0.4) is 0 Å². The number of urea groups is 1. The molecule has 0 fully saturated rings. The smallest absolute Gasteiger partial charge is 0.319 e. The minimum Gasteiger partial charge on any atom is -0.486 e. The number of amides is 2. The third kappa shape index (κ3) is 4.55. The number of nitrogens with one attached hydrogen (secondary N) is 2. The molecule has 1 aliphatic heterocycles. The fourth-order valence-corrected chi connectivity index (χ4v) is 1.83. The second-order valence-corrected chi connectivity index (χ2v) is 4.42. The van der Waals surface area contributed by atoms with Gasteiger partial charge in [0.15, 0.2) is 11.5 Å². The van der Waals surface area contributed by atoms with Gasteiger partial charge < -0.3 is 24.8 Å². The van der Waals surface area contributed by atoms with Gasteiger partial charge in [-0.2, -0.15) is 0 Å². The van der Waals surface area contributed by atoms with Gasteiger partial charge in [-0.3, -0.25) is 4.79 Å². The Bertz CT molecular complexity index is 518. The number of rotatable bonds is 5. The van der Waals surface area contributed by atoms with E-state index in [9.17, 15) is 9.59 Å². The van der Waals surface area contributed by atoms with Crippen molar-refractivity contribution in [2.24, 2.45) is 0 Å². The number of methoxy groups -OCH3 is 1. The average molecular weight is 294 g/mol. The number of fused-ring (bicyclic) bond motifs is 1. The molecule has 1 heterocycles. The van der Waals surface area contributed by atoms with Crippen LogP contribution < -0.4 is 20.1 Å². The average Bonchev–Trinajstić information content (AvgIpc) is 2.51. The molecule has 21 heavy (non-hydrogen) atoms. The molecule has 7 heteroatoms. The van der Waals surface area contributed by atoms with Crippen molar-refractivity contribution >= 4 is 17.7 Å². The molecule has 0 aliphatic carbocycles. The molecular weight excluding hydrogens is 276 g/mol. The van der Waals surface area contributed by atoms with E-state index in [0.717, 1.165) is 0 Å². The number of carbonyl (C=O) groups excluding carboxylic acids is 2. The van der Waals surface area contributed by atoms with E-state index >= 15 is 0 Å². The first kappa shape index (κ1) is 15.0. The summed E-state index contributed by atoms with van der Waals surface area (Å²) >= 11 is 0. The van der Waals surface area contributed by atoms with E-state index in [4.69, 9.17) is 9.47 Å². The molecule has 0 atom stereocenters. The molecule has 1 aromatic rings. The maximum Gasteiger partial charge on any atom is 0.319 e. The minimum absolute atomic E-state index is 0.279. The molecule has 1 aliphatic rings. The summed E-state index contributed by atoms with van der Waals surface area (Å²) in [5, 5.41) is 5.35. The van der Waals surface area contributed by atoms with Crippen LogP contribution in [-0.4, -0.2) is 38.9 Å². The zero-order chi connectivity index (χ0) is 15.1. The van der Waals surface area contributed by atoms with Crippen LogP contribution in [0.1, 0.15) is 12.8 Å². The summed E-state index contributed by atoms with van der Waals surface area (Å²) in [6.45, 7) is 1.42. The molecular formula is C14H18N2O5. The van der Waals surface area contributed by atoms with E-state index in [1.54, 1.807) is 18.2 Å². The van der Waals surface area contributed by atoms with E-state index in [1.807, 2.05) is 0 Å². The number of ether oxygens (including phenoxy) is 3. The van der Waals surface area contributed by atoms with Crippen LogP contribution in [0.2, 0.25) is 0 Å². The lowest BCUT2D eigenvalue weighted by molar-refractivity contribution is -0.140. The number of benzene rings is 1. The van der Waals surface area contributed by atoms with Crippen molar-refractivity contribution in [2.45, 2.75) is 12.8 Å². The van der Waals surface area contributed by atoms with Crippen molar-refractivity contribution in [3.05, 3.63) is 18.2 Å². The molecule has 0 unspecified atom stereocenters. The highest BCUT2D eigenvalue weighted by atomic mass is 16.6. The molecule has 0 bridgehead atoms. The maximum atomic E-state index is 11.7. The van der Waals surface area contributed by atoms with Gasteiger partial charge in [-0.15, -0.1) is 0 Å². The lowest BCUT2D eigenvalue weighted by Crippen LogP contribution is -2.29. The molecule has 0 saturated carbocycles. The lowest BCUT2D eigenvalue weighted by Gasteiger charge is -2.19. The van der Waals surface area contributed by atoms with E-state index in [0.29, 0.717) is 43.4 Å². The summed E-state index contributed by atoms with van der Waals surface area (Å²) in [6.07, 6.45) is 0.808. The van der Waals surface area contributed by atoms with Gasteiger partial charge in [-0.05, 0) is 18.6 Å². The summed E-state index contributed by atoms with van der Waals surface area (Å²) in [6, 6.07) is 4.86. The number of hydrogen-bond acceptors (Lipinski definition) is 5. The van der Waals surface area contributed by atoms with Gasteiger partial charge in [-0.1, -0.05) is 0 Å². The van der Waals surface area contributed by atoms with E-state index in [-0.39, 0.29) is 18.4 Å². The molecule has 2 N–H and O–H groups in total. The number of carbonyl (C=O) groups is 2. The Morgan fingerprint density at radius 2 is 2.00 bits per heavy atom. The predicted octanol–water partition coefficient (Wildman–Crippen LogP) is 1.53. The fraction of sp³-hybridized carbons (Fsp3) is 0.429. The van der Waals surface area contributed by atoms with Crippen LogP contribution in [0.25, 0.3) is 0 Å². The molecule has 0 spiro atoms. The normalized spacial score (nSPS) is 12.4. The van der Waals surface area contributed by atoms with Gasteiger partial charge in [0.25, 0.3) is 0 Å². The van der Waals surface area contributed by atoms with Crippen LogP contribution in [-0.2, 0) is 9.53 Å². The van der Waals surface area contributed by atoms with E-state index in [2.05, 4.69) is 15.4 Å². The number of esters is 1. The van der Waals surface area contributed by atoms with E-state index in [1.165, 1.54) is 7.11 Å². The lowest BCUT2D eigenvalue weighted by atomic mass is 10.2. The van der Waals surface area contributed by atoms with Gasteiger partial charge in [0.2, 0.25) is 0 Å². The van der Waals surface area contributed by atoms with Crippen LogP contribution in [0.15, 0.2) is 18.2 Å². The third-order valence-corrected chi connectivity index (χ3v) is 2.87. The Kier molecular flexibility index (Phi) is 5.25. The number of hydrogen-bond donors (Lipinski definition) is 2. The van der Waals surface area contributed by atoms with Gasteiger partial charge in [0.05, 0.1) is 7.11 Å². The van der Waals surface area contributed by atoms with Crippen molar-refractivity contribution in [2.75, 3.05) is 32.2 Å². The van der Waals surface area contributed by atoms with Crippen LogP contribution in [0.4, 0.5) is 10.5 Å². The van der Waals surface area contributed by atoms with Crippen molar-refractivity contribution < 1.29 is 23.8 Å². The maximum absolute atomic E-state index is 11.7. The Labute approximate surface area is 122 Å². The predicted molar refractivity (Wildman–Crippen MR) is 75.7 cm³/mol. The van der Waals surface area contributed by atoms with Crippen LogP contribution in [0.5, 0.6) is 11.5 Å². The second-order valence-electron chi connectivity index (χ2n) is 4.42. The van der Waals surface area contributed by atoms with Gasteiger partial charge >= 0.3 is 12.0 Å². The third-order valence-electron chi connectivity index (χ3n) is 2.87. The van der Waals surface area contributed by atoms with Gasteiger partial charge in [0, 0.05) is 24.7 Å². The largest absolute Gasteiger partial charge is 0.486 e. The quantitative estimate of drug-likeness (QED) is 0.635. The zero-order valence-electron chi connectivity index (χ0n) is 11.8. The fourth-order valence-electron chi connectivity index (χ4n) is 1.83. The summed E-state index contributed by atoms with van der Waals surface area (Å²) in [4.78, 5) is 22.6. The summed E-state index contributed by atoms with van der Waals surface area (Å²) in [5.74, 6) is 0.999. The molecule has 2 rings (SSSR count). The van der Waals surface area contributed by atoms with Gasteiger partial charge in [-0.25, -0.2) is 4.79 Å². The van der Waals surface area contributed by atoms with Crippen molar-refractivity contribution in [1.82, 2.24) is 5.32 Å². The topological polar surface area (TPSA) is 85.9 Å². The van der Waals surface area contributed by atoms with E-state index < -0.39 is 0 Å². The van der Waals surface area contributed by atoms with Crippen molar-refractivity contribution in [3.8, 4) is 11.5 Å². The molecule has 0 saturated heterocycles. The summed E-state index contributed by atoms with van der Waals surface area (Å²) in [7, 11) is 1.34. The minimum atomic E-state index is -0.337. The standard InChI is InChI=1S/C14H18N2O5/c1-19-13(17)3-2-6-15-14(18)16-10-4-5-11-12(9-10)21-8-7-20-11/h4-5,9H,2-3,6-8H2,1H3,(H2,15,16,18). The molecule has 7 nitrogen and oxygen atoms in total. The molecule has 0 aromatic heterocycles. The Morgan fingerprint density at radius 3 is 2.76 bits per heavy atom. The Balaban J connectivity index is 1.76. The first-order chi connectivity index (χ1) is 10.2. The second kappa shape index (κ2) is 7.37. The zero-order valence-corrected chi connectivity index (χ0v) is 11.8. The first-order valence-corrected chi connectivity index (χ1v) is 6.70. The SMILES string of the molecule is COC(=O)CCCNC(=O)Nc1ccc2c(c1)OCCO2. The van der Waals surface area contributed by atoms with Crippen molar-refractivity contribution in [1.29, 1.82) is 0 Å². The molecule has 114 valence electrons. The molecule has 2 amide bonds. The monoisotopic (exact) mass is 294 g/mol. The molecule has 0 radical (unpaired) electrons. The summed E-state index contributed by atoms with van der Waals surface area (Å²) < 4.78 is 15.3. The Morgan fingerprint density at radius 1 is 1.24 bits per heavy atom.